The van der Waals surface area contributed by atoms with E-state index >= 15 is 0 Å². The third-order valence-corrected chi connectivity index (χ3v) is 5.89. The van der Waals surface area contributed by atoms with Gasteiger partial charge in [-0.15, -0.1) is 12.4 Å². The molecule has 2 fully saturated rings. The summed E-state index contributed by atoms with van der Waals surface area (Å²) in [5, 5.41) is 3.28. The first-order valence-corrected chi connectivity index (χ1v) is 9.76. The van der Waals surface area contributed by atoms with Gasteiger partial charge in [-0.05, 0) is 68.1 Å². The lowest BCUT2D eigenvalue weighted by Gasteiger charge is -2.45. The SMILES string of the molecule is CC(Oc1cccc(C(C)C)c1)C(=O)NC1C2CCCC1CC(N)C2.Cl. The molecule has 146 valence electrons. The van der Waals surface area contributed by atoms with Crippen LogP contribution in [-0.4, -0.2) is 24.1 Å². The molecule has 3 N–H and O–H groups in total. The molecule has 1 amide bonds. The van der Waals surface area contributed by atoms with Crippen LogP contribution in [0.4, 0.5) is 0 Å². The number of rotatable bonds is 5. The Morgan fingerprint density at radius 2 is 1.85 bits per heavy atom. The zero-order valence-electron chi connectivity index (χ0n) is 16.1. The molecule has 26 heavy (non-hydrogen) atoms. The highest BCUT2D eigenvalue weighted by atomic mass is 35.5. The van der Waals surface area contributed by atoms with Crippen LogP contribution < -0.4 is 15.8 Å². The molecular formula is C21H33ClN2O2. The maximum Gasteiger partial charge on any atom is 0.261 e. The van der Waals surface area contributed by atoms with Gasteiger partial charge in [-0.2, -0.15) is 0 Å². The zero-order chi connectivity index (χ0) is 18.0. The maximum atomic E-state index is 12.7. The lowest BCUT2D eigenvalue weighted by atomic mass is 9.67. The quantitative estimate of drug-likeness (QED) is 0.810. The van der Waals surface area contributed by atoms with Gasteiger partial charge in [0.2, 0.25) is 0 Å². The van der Waals surface area contributed by atoms with Crippen molar-refractivity contribution in [3.63, 3.8) is 0 Å². The summed E-state index contributed by atoms with van der Waals surface area (Å²) in [7, 11) is 0. The van der Waals surface area contributed by atoms with Gasteiger partial charge in [0.25, 0.3) is 5.91 Å². The summed E-state index contributed by atoms with van der Waals surface area (Å²) in [6.07, 6.45) is 5.21. The van der Waals surface area contributed by atoms with Crippen LogP contribution in [-0.2, 0) is 4.79 Å². The summed E-state index contributed by atoms with van der Waals surface area (Å²) in [5.41, 5.74) is 7.40. The van der Waals surface area contributed by atoms with Gasteiger partial charge in [0.15, 0.2) is 6.10 Å². The molecule has 0 aromatic heterocycles. The summed E-state index contributed by atoms with van der Waals surface area (Å²) in [6.45, 7) is 6.14. The summed E-state index contributed by atoms with van der Waals surface area (Å²) >= 11 is 0. The van der Waals surface area contributed by atoms with E-state index in [4.69, 9.17) is 10.5 Å². The highest BCUT2D eigenvalue weighted by Gasteiger charge is 2.40. The second-order valence-electron chi connectivity index (χ2n) is 8.20. The van der Waals surface area contributed by atoms with Gasteiger partial charge in [-0.3, -0.25) is 4.79 Å². The molecule has 0 saturated heterocycles. The molecule has 0 radical (unpaired) electrons. The number of hydrogen-bond donors (Lipinski definition) is 2. The van der Waals surface area contributed by atoms with E-state index in [0.717, 1.165) is 18.6 Å². The summed E-state index contributed by atoms with van der Waals surface area (Å²) in [6, 6.07) is 8.61. The number of ether oxygens (including phenoxy) is 1. The van der Waals surface area contributed by atoms with Crippen LogP contribution in [0.15, 0.2) is 24.3 Å². The fraction of sp³-hybridized carbons (Fsp3) is 0.667. The number of carbonyl (C=O) groups is 1. The average Bonchev–Trinajstić information content (AvgIpc) is 2.55. The molecule has 2 bridgehead atoms. The zero-order valence-corrected chi connectivity index (χ0v) is 16.9. The largest absolute Gasteiger partial charge is 0.481 e. The Balaban J connectivity index is 0.00000243. The summed E-state index contributed by atoms with van der Waals surface area (Å²) in [4.78, 5) is 12.7. The lowest BCUT2D eigenvalue weighted by Crippen LogP contribution is -2.55. The maximum absolute atomic E-state index is 12.7. The van der Waals surface area contributed by atoms with Crippen molar-refractivity contribution >= 4 is 18.3 Å². The first-order chi connectivity index (χ1) is 11.9. The van der Waals surface area contributed by atoms with E-state index < -0.39 is 6.10 Å². The van der Waals surface area contributed by atoms with Crippen LogP contribution in [0.25, 0.3) is 0 Å². The molecule has 2 saturated carbocycles. The normalized spacial score (nSPS) is 28.8. The van der Waals surface area contributed by atoms with Crippen LogP contribution in [0.5, 0.6) is 5.75 Å². The Hall–Kier alpha value is -1.26. The minimum absolute atomic E-state index is 0. The molecule has 2 aliphatic carbocycles. The van der Waals surface area contributed by atoms with Gasteiger partial charge in [0.1, 0.15) is 5.75 Å². The van der Waals surface area contributed by atoms with Crippen molar-refractivity contribution < 1.29 is 9.53 Å². The van der Waals surface area contributed by atoms with Crippen LogP contribution in [0.3, 0.4) is 0 Å². The van der Waals surface area contributed by atoms with Gasteiger partial charge in [0, 0.05) is 12.1 Å². The van der Waals surface area contributed by atoms with Crippen LogP contribution in [0.2, 0.25) is 0 Å². The highest BCUT2D eigenvalue weighted by molar-refractivity contribution is 5.85. The minimum atomic E-state index is -0.487. The topological polar surface area (TPSA) is 64.3 Å². The molecule has 5 heteroatoms. The van der Waals surface area contributed by atoms with Crippen LogP contribution in [0.1, 0.15) is 64.4 Å². The van der Waals surface area contributed by atoms with Crippen molar-refractivity contribution in [2.45, 2.75) is 77.0 Å². The Morgan fingerprint density at radius 1 is 1.19 bits per heavy atom. The minimum Gasteiger partial charge on any atom is -0.481 e. The molecule has 2 aliphatic rings. The van der Waals surface area contributed by atoms with E-state index in [0.29, 0.717) is 23.8 Å². The van der Waals surface area contributed by atoms with E-state index in [1.54, 1.807) is 0 Å². The van der Waals surface area contributed by atoms with Gasteiger partial charge in [0.05, 0.1) is 0 Å². The fourth-order valence-electron chi connectivity index (χ4n) is 4.51. The van der Waals surface area contributed by atoms with E-state index in [-0.39, 0.29) is 24.4 Å². The Morgan fingerprint density at radius 3 is 2.46 bits per heavy atom. The number of nitrogens with one attached hydrogen (secondary N) is 1. The average molecular weight is 381 g/mol. The summed E-state index contributed by atoms with van der Waals surface area (Å²) in [5.74, 6) is 2.26. The Labute approximate surface area is 163 Å². The molecule has 1 aromatic rings. The molecule has 4 nitrogen and oxygen atoms in total. The molecule has 3 atom stereocenters. The molecule has 0 spiro atoms. The fourth-order valence-corrected chi connectivity index (χ4v) is 4.51. The monoisotopic (exact) mass is 380 g/mol. The summed E-state index contributed by atoms with van der Waals surface area (Å²) < 4.78 is 5.92. The van der Waals surface area contributed by atoms with Gasteiger partial charge < -0.3 is 15.8 Å². The van der Waals surface area contributed by atoms with Crippen molar-refractivity contribution in [2.75, 3.05) is 0 Å². The predicted octanol–water partition coefficient (Wildman–Crippen LogP) is 4.02. The molecule has 0 aliphatic heterocycles. The van der Waals surface area contributed by atoms with Crippen molar-refractivity contribution in [3.05, 3.63) is 29.8 Å². The number of benzene rings is 1. The third-order valence-electron chi connectivity index (χ3n) is 5.89. The third kappa shape index (κ3) is 4.92. The Kier molecular flexibility index (Phi) is 7.36. The second kappa shape index (κ2) is 9.09. The molecular weight excluding hydrogens is 348 g/mol. The number of halogens is 1. The van der Waals surface area contributed by atoms with Crippen molar-refractivity contribution in [3.8, 4) is 5.75 Å². The van der Waals surface area contributed by atoms with Crippen molar-refractivity contribution in [2.24, 2.45) is 17.6 Å². The molecule has 0 heterocycles. The lowest BCUT2D eigenvalue weighted by molar-refractivity contribution is -0.129. The number of hydrogen-bond acceptors (Lipinski definition) is 3. The number of amides is 1. The van der Waals surface area contributed by atoms with Crippen molar-refractivity contribution in [1.82, 2.24) is 5.32 Å². The van der Waals surface area contributed by atoms with Gasteiger partial charge in [-0.25, -0.2) is 0 Å². The van der Waals surface area contributed by atoms with Crippen LogP contribution in [0, 0.1) is 11.8 Å². The van der Waals surface area contributed by atoms with E-state index in [2.05, 4.69) is 25.2 Å². The van der Waals surface area contributed by atoms with Gasteiger partial charge >= 0.3 is 0 Å². The first kappa shape index (κ1) is 21.0. The standard InChI is InChI=1S/C21H32N2O2.ClH/c1-13(2)15-6-5-9-19(12-15)25-14(3)21(24)23-20-16-7-4-8-17(20)11-18(22)10-16;/h5-6,9,12-14,16-18,20H,4,7-8,10-11,22H2,1-3H3,(H,23,24);1H. The van der Waals surface area contributed by atoms with E-state index in [9.17, 15) is 4.79 Å². The second-order valence-corrected chi connectivity index (χ2v) is 8.20. The van der Waals surface area contributed by atoms with E-state index in [1.807, 2.05) is 25.1 Å². The van der Waals surface area contributed by atoms with Crippen LogP contribution >= 0.6 is 12.4 Å². The first-order valence-electron chi connectivity index (χ1n) is 9.76. The molecule has 3 rings (SSSR count). The number of nitrogens with two attached hydrogens (primary N) is 1. The molecule has 3 unspecified atom stereocenters. The van der Waals surface area contributed by atoms with E-state index in [1.165, 1.54) is 24.8 Å². The van der Waals surface area contributed by atoms with Crippen molar-refractivity contribution in [1.29, 1.82) is 0 Å². The van der Waals surface area contributed by atoms with Gasteiger partial charge in [-0.1, -0.05) is 32.4 Å². The predicted molar refractivity (Wildman–Crippen MR) is 108 cm³/mol. The number of fused-ring (bicyclic) bond motifs is 2. The Bertz CT molecular complexity index is 593. The smallest absolute Gasteiger partial charge is 0.261 e. The number of carbonyl (C=O) groups excluding carboxylic acids is 1. The highest BCUT2D eigenvalue weighted by Crippen LogP contribution is 2.39. The molecule has 1 aromatic carbocycles.